The van der Waals surface area contributed by atoms with E-state index in [-0.39, 0.29) is 35.1 Å². The number of amides is 1. The highest BCUT2D eigenvalue weighted by molar-refractivity contribution is 8.00. The van der Waals surface area contributed by atoms with Gasteiger partial charge in [0.2, 0.25) is 5.91 Å². The molecule has 1 aromatic heterocycles. The Morgan fingerprint density at radius 2 is 1.93 bits per heavy atom. The predicted octanol–water partition coefficient (Wildman–Crippen LogP) is 2.70. The Morgan fingerprint density at radius 1 is 1.26 bits per heavy atom. The van der Waals surface area contributed by atoms with Crippen LogP contribution in [0.1, 0.15) is 26.0 Å². The number of sulfone groups is 1. The summed E-state index contributed by atoms with van der Waals surface area (Å²) in [5.74, 6) is 0.721. The number of aromatic nitrogens is 2. The van der Waals surface area contributed by atoms with Crippen molar-refractivity contribution in [3.8, 4) is 0 Å². The number of nitrogens with zero attached hydrogens (tertiary/aromatic N) is 3. The van der Waals surface area contributed by atoms with E-state index in [9.17, 15) is 13.2 Å². The van der Waals surface area contributed by atoms with E-state index in [4.69, 9.17) is 0 Å². The zero-order chi connectivity index (χ0) is 19.6. The average Bonchev–Trinajstić information content (AvgIpc) is 2.97. The van der Waals surface area contributed by atoms with Crippen LogP contribution in [-0.4, -0.2) is 59.0 Å². The van der Waals surface area contributed by atoms with Gasteiger partial charge in [-0.2, -0.15) is 0 Å². The number of benzene rings is 1. The summed E-state index contributed by atoms with van der Waals surface area (Å²) in [5, 5.41) is 0.741. The van der Waals surface area contributed by atoms with Crippen molar-refractivity contribution in [2.75, 3.05) is 23.8 Å². The summed E-state index contributed by atoms with van der Waals surface area (Å²) in [6, 6.07) is 7.44. The largest absolute Gasteiger partial charge is 0.338 e. The van der Waals surface area contributed by atoms with Crippen LogP contribution in [0.2, 0.25) is 0 Å². The second-order valence-electron chi connectivity index (χ2n) is 7.39. The fraction of sp³-hybridized carbons (Fsp3) is 0.526. The maximum Gasteiger partial charge on any atom is 0.233 e. The maximum absolute atomic E-state index is 12.9. The van der Waals surface area contributed by atoms with Crippen molar-refractivity contribution in [3.05, 3.63) is 30.0 Å². The summed E-state index contributed by atoms with van der Waals surface area (Å²) in [6.45, 7) is 6.54. The highest BCUT2D eigenvalue weighted by Gasteiger charge is 2.34. The quantitative estimate of drug-likeness (QED) is 0.685. The molecule has 0 aliphatic carbocycles. The lowest BCUT2D eigenvalue weighted by Crippen LogP contribution is -2.44. The number of para-hydroxylation sites is 2. The van der Waals surface area contributed by atoms with Gasteiger partial charge in [0.05, 0.1) is 34.0 Å². The molecule has 0 radical (unpaired) electrons. The third-order valence-electron chi connectivity index (χ3n) is 4.57. The Kier molecular flexibility index (Phi) is 6.05. The number of fused-ring (bicyclic) bond motifs is 1. The Labute approximate surface area is 164 Å². The number of carbonyl (C=O) groups excluding carboxylic acids is 1. The minimum Gasteiger partial charge on any atom is -0.338 e. The van der Waals surface area contributed by atoms with Gasteiger partial charge in [-0.05, 0) is 31.4 Å². The standard InChI is InChI=1S/C19H25N3O3S2/c1-13(2)10-22(15-8-9-27(24,25)12-15)18(23)11-26-19-14(3)20-16-6-4-5-7-17(16)21-19/h4-7,13,15H,8-12H2,1-3H3. The molecule has 1 amide bonds. The molecule has 1 aliphatic heterocycles. The second-order valence-corrected chi connectivity index (χ2v) is 10.6. The minimum absolute atomic E-state index is 0.0369. The number of thioether (sulfide) groups is 1. The van der Waals surface area contributed by atoms with Gasteiger partial charge in [0.25, 0.3) is 0 Å². The normalized spacial score (nSPS) is 18.9. The first kappa shape index (κ1) is 20.1. The van der Waals surface area contributed by atoms with Crippen LogP contribution in [0.5, 0.6) is 0 Å². The molecule has 1 unspecified atom stereocenters. The van der Waals surface area contributed by atoms with Gasteiger partial charge in [-0.3, -0.25) is 4.79 Å². The highest BCUT2D eigenvalue weighted by atomic mass is 32.2. The minimum atomic E-state index is -3.03. The van der Waals surface area contributed by atoms with Gasteiger partial charge in [0.1, 0.15) is 5.03 Å². The molecule has 0 bridgehead atoms. The summed E-state index contributed by atoms with van der Waals surface area (Å²) in [6.07, 6.45) is 0.528. The van der Waals surface area contributed by atoms with E-state index in [0.717, 1.165) is 21.8 Å². The average molecular weight is 408 g/mol. The Hall–Kier alpha value is -1.67. The third-order valence-corrected chi connectivity index (χ3v) is 7.37. The number of hydrogen-bond acceptors (Lipinski definition) is 6. The summed E-state index contributed by atoms with van der Waals surface area (Å²) in [4.78, 5) is 23.8. The molecule has 1 aliphatic rings. The van der Waals surface area contributed by atoms with Crippen molar-refractivity contribution in [2.45, 2.75) is 38.3 Å². The van der Waals surface area contributed by atoms with Gasteiger partial charge < -0.3 is 4.90 Å². The first-order valence-electron chi connectivity index (χ1n) is 9.11. The third kappa shape index (κ3) is 4.99. The Bertz CT molecular complexity index is 944. The molecule has 1 atom stereocenters. The number of carbonyl (C=O) groups is 1. The van der Waals surface area contributed by atoms with E-state index < -0.39 is 9.84 Å². The van der Waals surface area contributed by atoms with E-state index in [2.05, 4.69) is 9.97 Å². The zero-order valence-electron chi connectivity index (χ0n) is 15.9. The lowest BCUT2D eigenvalue weighted by molar-refractivity contribution is -0.130. The van der Waals surface area contributed by atoms with Gasteiger partial charge in [-0.1, -0.05) is 37.7 Å². The molecule has 2 heterocycles. The molecular formula is C19H25N3O3S2. The van der Waals surface area contributed by atoms with Crippen LogP contribution < -0.4 is 0 Å². The molecule has 27 heavy (non-hydrogen) atoms. The van der Waals surface area contributed by atoms with Crippen LogP contribution >= 0.6 is 11.8 Å². The first-order valence-corrected chi connectivity index (χ1v) is 11.9. The van der Waals surface area contributed by atoms with Crippen molar-refractivity contribution in [3.63, 3.8) is 0 Å². The molecular weight excluding hydrogens is 382 g/mol. The molecule has 1 aromatic carbocycles. The fourth-order valence-electron chi connectivity index (χ4n) is 3.29. The number of hydrogen-bond donors (Lipinski definition) is 0. The summed E-state index contributed by atoms with van der Waals surface area (Å²) in [7, 11) is -3.03. The van der Waals surface area contributed by atoms with Crippen LogP contribution in [-0.2, 0) is 14.6 Å². The fourth-order valence-corrected chi connectivity index (χ4v) is 5.87. The SMILES string of the molecule is Cc1nc2ccccc2nc1SCC(=O)N(CC(C)C)C1CCS(=O)(=O)C1. The lowest BCUT2D eigenvalue weighted by Gasteiger charge is -2.30. The smallest absolute Gasteiger partial charge is 0.233 e. The van der Waals surface area contributed by atoms with Crippen molar-refractivity contribution in [1.82, 2.24) is 14.9 Å². The molecule has 0 saturated carbocycles. The summed E-state index contributed by atoms with van der Waals surface area (Å²) >= 11 is 1.37. The Balaban J connectivity index is 1.73. The van der Waals surface area contributed by atoms with Crippen molar-refractivity contribution in [2.24, 2.45) is 5.92 Å². The van der Waals surface area contributed by atoms with E-state index in [1.54, 1.807) is 4.90 Å². The van der Waals surface area contributed by atoms with Crippen molar-refractivity contribution in [1.29, 1.82) is 0 Å². The molecule has 0 spiro atoms. The first-order chi connectivity index (χ1) is 12.7. The van der Waals surface area contributed by atoms with E-state index >= 15 is 0 Å². The van der Waals surface area contributed by atoms with Gasteiger partial charge in [-0.15, -0.1) is 0 Å². The number of rotatable bonds is 6. The molecule has 0 N–H and O–H groups in total. The topological polar surface area (TPSA) is 80.2 Å². The van der Waals surface area contributed by atoms with Crippen molar-refractivity contribution < 1.29 is 13.2 Å². The number of aryl methyl sites for hydroxylation is 1. The van der Waals surface area contributed by atoms with Gasteiger partial charge in [0.15, 0.2) is 9.84 Å². The van der Waals surface area contributed by atoms with E-state index in [1.165, 1.54) is 11.8 Å². The lowest BCUT2D eigenvalue weighted by atomic mass is 10.1. The molecule has 1 fully saturated rings. The predicted molar refractivity (Wildman–Crippen MR) is 109 cm³/mol. The summed E-state index contributed by atoms with van der Waals surface area (Å²) in [5.41, 5.74) is 2.44. The van der Waals surface area contributed by atoms with E-state index in [1.807, 2.05) is 45.0 Å². The summed E-state index contributed by atoms with van der Waals surface area (Å²) < 4.78 is 23.7. The molecule has 6 nitrogen and oxygen atoms in total. The maximum atomic E-state index is 12.9. The van der Waals surface area contributed by atoms with Crippen LogP contribution in [0, 0.1) is 12.8 Å². The monoisotopic (exact) mass is 407 g/mol. The van der Waals surface area contributed by atoms with Gasteiger partial charge >= 0.3 is 0 Å². The molecule has 8 heteroatoms. The van der Waals surface area contributed by atoms with Gasteiger partial charge in [0, 0.05) is 12.6 Å². The van der Waals surface area contributed by atoms with Crippen LogP contribution in [0.25, 0.3) is 11.0 Å². The van der Waals surface area contributed by atoms with Crippen LogP contribution in [0.15, 0.2) is 29.3 Å². The highest BCUT2D eigenvalue weighted by Crippen LogP contribution is 2.24. The van der Waals surface area contributed by atoms with Crippen LogP contribution in [0.4, 0.5) is 0 Å². The molecule has 146 valence electrons. The van der Waals surface area contributed by atoms with Crippen molar-refractivity contribution >= 4 is 38.5 Å². The zero-order valence-corrected chi connectivity index (χ0v) is 17.5. The van der Waals surface area contributed by atoms with Gasteiger partial charge in [-0.25, -0.2) is 18.4 Å². The second kappa shape index (κ2) is 8.14. The molecule has 2 aromatic rings. The van der Waals surface area contributed by atoms with Crippen LogP contribution in [0.3, 0.4) is 0 Å². The Morgan fingerprint density at radius 3 is 2.52 bits per heavy atom. The van der Waals surface area contributed by atoms with E-state index in [0.29, 0.717) is 13.0 Å². The molecule has 3 rings (SSSR count). The molecule has 1 saturated heterocycles.